The van der Waals surface area contributed by atoms with Crippen molar-refractivity contribution >= 4 is 16.8 Å². The summed E-state index contributed by atoms with van der Waals surface area (Å²) in [7, 11) is 0. The van der Waals surface area contributed by atoms with Crippen LogP contribution in [0.3, 0.4) is 0 Å². The summed E-state index contributed by atoms with van der Waals surface area (Å²) in [5, 5.41) is 4.64. The number of para-hydroxylation sites is 1. The number of carbonyl (C=O) groups is 1. The number of aromatic nitrogens is 1. The summed E-state index contributed by atoms with van der Waals surface area (Å²) >= 11 is 0. The van der Waals surface area contributed by atoms with Crippen LogP contribution in [0.15, 0.2) is 36.5 Å². The minimum absolute atomic E-state index is 0.119. The molecule has 108 valence electrons. The monoisotopic (exact) mass is 281 g/mol. The van der Waals surface area contributed by atoms with Gasteiger partial charge < -0.3 is 10.2 Å². The molecule has 4 nitrogen and oxygen atoms in total. The van der Waals surface area contributed by atoms with Gasteiger partial charge >= 0.3 is 0 Å². The van der Waals surface area contributed by atoms with Crippen LogP contribution in [0.25, 0.3) is 10.9 Å². The number of nitrogens with zero attached hydrogens (tertiary/aromatic N) is 2. The maximum Gasteiger partial charge on any atom is 0.256 e. The minimum Gasteiger partial charge on any atom is -0.337 e. The van der Waals surface area contributed by atoms with Crippen molar-refractivity contribution in [3.8, 4) is 0 Å². The average molecular weight is 281 g/mol. The standard InChI is InChI=1S/C17H19N3O/c21-17(20-10-8-13-6-7-14(11-20)19-13)15-5-1-3-12-4-2-9-18-16(12)15/h1-5,9,13-14,19H,6-8,10-11H2. The maximum absolute atomic E-state index is 12.9. The molecule has 4 heteroatoms. The van der Waals surface area contributed by atoms with Gasteiger partial charge in [-0.2, -0.15) is 0 Å². The third kappa shape index (κ3) is 2.29. The molecule has 2 fully saturated rings. The molecule has 4 rings (SSSR count). The summed E-state index contributed by atoms with van der Waals surface area (Å²) < 4.78 is 0. The Morgan fingerprint density at radius 1 is 1.14 bits per heavy atom. The van der Waals surface area contributed by atoms with Crippen molar-refractivity contribution in [3.63, 3.8) is 0 Å². The van der Waals surface area contributed by atoms with Crippen LogP contribution in [-0.4, -0.2) is 41.0 Å². The van der Waals surface area contributed by atoms with E-state index >= 15 is 0 Å². The molecule has 3 heterocycles. The van der Waals surface area contributed by atoms with Gasteiger partial charge in [0, 0.05) is 36.8 Å². The van der Waals surface area contributed by atoms with Crippen LogP contribution in [-0.2, 0) is 0 Å². The molecule has 1 aromatic carbocycles. The average Bonchev–Trinajstić information content (AvgIpc) is 2.85. The number of carbonyl (C=O) groups excluding carboxylic acids is 1. The molecule has 2 bridgehead atoms. The first-order valence-corrected chi connectivity index (χ1v) is 7.70. The van der Waals surface area contributed by atoms with Crippen molar-refractivity contribution in [2.24, 2.45) is 0 Å². The predicted molar refractivity (Wildman–Crippen MR) is 82.2 cm³/mol. The third-order valence-corrected chi connectivity index (χ3v) is 4.67. The van der Waals surface area contributed by atoms with Crippen LogP contribution >= 0.6 is 0 Å². The molecule has 2 aliphatic heterocycles. The summed E-state index contributed by atoms with van der Waals surface area (Å²) in [4.78, 5) is 19.3. The topological polar surface area (TPSA) is 45.2 Å². The summed E-state index contributed by atoms with van der Waals surface area (Å²) in [6, 6.07) is 10.8. The first-order valence-electron chi connectivity index (χ1n) is 7.70. The molecular weight excluding hydrogens is 262 g/mol. The lowest BCUT2D eigenvalue weighted by molar-refractivity contribution is 0.0750. The summed E-state index contributed by atoms with van der Waals surface area (Å²) in [6.07, 6.45) is 5.25. The van der Waals surface area contributed by atoms with Crippen LogP contribution in [0.4, 0.5) is 0 Å². The van der Waals surface area contributed by atoms with Crippen molar-refractivity contribution in [2.75, 3.05) is 13.1 Å². The van der Waals surface area contributed by atoms with Crippen LogP contribution in [0, 0.1) is 0 Å². The lowest BCUT2D eigenvalue weighted by atomic mass is 10.1. The van der Waals surface area contributed by atoms with E-state index in [1.165, 1.54) is 12.8 Å². The minimum atomic E-state index is 0.119. The molecule has 0 aliphatic carbocycles. The van der Waals surface area contributed by atoms with E-state index in [-0.39, 0.29) is 5.91 Å². The molecule has 1 aromatic heterocycles. The maximum atomic E-state index is 12.9. The number of amides is 1. The lowest BCUT2D eigenvalue weighted by Crippen LogP contribution is -2.39. The van der Waals surface area contributed by atoms with Gasteiger partial charge in [0.15, 0.2) is 0 Å². The Kier molecular flexibility index (Phi) is 3.11. The second-order valence-corrected chi connectivity index (χ2v) is 6.06. The number of pyridine rings is 1. The molecule has 1 N–H and O–H groups in total. The number of benzene rings is 1. The van der Waals surface area contributed by atoms with Gasteiger partial charge in [0.05, 0.1) is 11.1 Å². The van der Waals surface area contributed by atoms with Crippen LogP contribution in [0.1, 0.15) is 29.6 Å². The molecule has 2 saturated heterocycles. The van der Waals surface area contributed by atoms with E-state index in [2.05, 4.69) is 10.3 Å². The molecule has 2 aliphatic rings. The fraction of sp³-hybridized carbons (Fsp3) is 0.412. The van der Waals surface area contributed by atoms with Crippen molar-refractivity contribution < 1.29 is 4.79 Å². The summed E-state index contributed by atoms with van der Waals surface area (Å²) in [6.45, 7) is 1.66. The Labute approximate surface area is 124 Å². The zero-order valence-corrected chi connectivity index (χ0v) is 12.0. The Bertz CT molecular complexity index is 679. The smallest absolute Gasteiger partial charge is 0.256 e. The van der Waals surface area contributed by atoms with Gasteiger partial charge in [0.1, 0.15) is 0 Å². The van der Waals surface area contributed by atoms with Gasteiger partial charge in [-0.3, -0.25) is 9.78 Å². The van der Waals surface area contributed by atoms with Gasteiger partial charge in [-0.05, 0) is 31.4 Å². The molecule has 2 unspecified atom stereocenters. The highest BCUT2D eigenvalue weighted by atomic mass is 16.2. The highest BCUT2D eigenvalue weighted by molar-refractivity contribution is 6.05. The van der Waals surface area contributed by atoms with E-state index < -0.39 is 0 Å². The van der Waals surface area contributed by atoms with Gasteiger partial charge in [0.2, 0.25) is 0 Å². The van der Waals surface area contributed by atoms with Crippen LogP contribution in [0.2, 0.25) is 0 Å². The predicted octanol–water partition coefficient (Wildman–Crippen LogP) is 2.20. The number of nitrogens with one attached hydrogen (secondary N) is 1. The Morgan fingerprint density at radius 2 is 2.00 bits per heavy atom. The number of fused-ring (bicyclic) bond motifs is 3. The van der Waals surface area contributed by atoms with E-state index in [0.29, 0.717) is 12.1 Å². The van der Waals surface area contributed by atoms with Crippen LogP contribution < -0.4 is 5.32 Å². The van der Waals surface area contributed by atoms with Gasteiger partial charge in [-0.1, -0.05) is 18.2 Å². The quantitative estimate of drug-likeness (QED) is 0.871. The molecule has 21 heavy (non-hydrogen) atoms. The van der Waals surface area contributed by atoms with Gasteiger partial charge in [-0.25, -0.2) is 0 Å². The Hall–Kier alpha value is -1.94. The van der Waals surface area contributed by atoms with Crippen LogP contribution in [0.5, 0.6) is 0 Å². The zero-order chi connectivity index (χ0) is 14.2. The fourth-order valence-corrected chi connectivity index (χ4v) is 3.57. The Balaban J connectivity index is 1.67. The van der Waals surface area contributed by atoms with Crippen molar-refractivity contribution in [3.05, 3.63) is 42.1 Å². The fourth-order valence-electron chi connectivity index (χ4n) is 3.57. The van der Waals surface area contributed by atoms with E-state index in [1.54, 1.807) is 6.20 Å². The highest BCUT2D eigenvalue weighted by Crippen LogP contribution is 2.23. The largest absolute Gasteiger partial charge is 0.337 e. The number of rotatable bonds is 1. The molecule has 0 spiro atoms. The number of likely N-dealkylation sites (tertiary alicyclic amines) is 1. The Morgan fingerprint density at radius 3 is 2.95 bits per heavy atom. The van der Waals surface area contributed by atoms with Gasteiger partial charge in [0.25, 0.3) is 5.91 Å². The van der Waals surface area contributed by atoms with E-state index in [1.807, 2.05) is 35.2 Å². The third-order valence-electron chi connectivity index (χ3n) is 4.67. The van der Waals surface area contributed by atoms with Crippen molar-refractivity contribution in [1.29, 1.82) is 0 Å². The highest BCUT2D eigenvalue weighted by Gasteiger charge is 2.31. The summed E-state index contributed by atoms with van der Waals surface area (Å²) in [5.41, 5.74) is 1.54. The molecule has 0 saturated carbocycles. The SMILES string of the molecule is O=C(c1cccc2cccnc12)N1CCC2CCC(C1)N2. The second kappa shape index (κ2) is 5.11. The van der Waals surface area contributed by atoms with Crippen molar-refractivity contribution in [1.82, 2.24) is 15.2 Å². The first-order chi connectivity index (χ1) is 10.3. The molecule has 2 aromatic rings. The number of hydrogen-bond acceptors (Lipinski definition) is 3. The normalized spacial score (nSPS) is 25.0. The molecular formula is C17H19N3O. The second-order valence-electron chi connectivity index (χ2n) is 6.06. The van der Waals surface area contributed by atoms with E-state index in [4.69, 9.17) is 0 Å². The lowest BCUT2D eigenvalue weighted by Gasteiger charge is -2.24. The molecule has 1 amide bonds. The number of hydrogen-bond donors (Lipinski definition) is 1. The first kappa shape index (κ1) is 12.8. The van der Waals surface area contributed by atoms with Gasteiger partial charge in [-0.15, -0.1) is 0 Å². The van der Waals surface area contributed by atoms with Crippen molar-refractivity contribution in [2.45, 2.75) is 31.3 Å². The van der Waals surface area contributed by atoms with E-state index in [9.17, 15) is 4.79 Å². The van der Waals surface area contributed by atoms with E-state index in [0.717, 1.165) is 36.0 Å². The molecule has 0 radical (unpaired) electrons. The molecule has 2 atom stereocenters. The summed E-state index contributed by atoms with van der Waals surface area (Å²) in [5.74, 6) is 0.119. The zero-order valence-electron chi connectivity index (χ0n) is 12.0.